The predicted molar refractivity (Wildman–Crippen MR) is 127 cm³/mol. The molecule has 0 spiro atoms. The average molecular weight is 493 g/mol. The zero-order valence-electron chi connectivity index (χ0n) is 18.0. The van der Waals surface area contributed by atoms with E-state index in [4.69, 9.17) is 0 Å². The Balaban J connectivity index is 2.09. The van der Waals surface area contributed by atoms with E-state index in [2.05, 4.69) is 0 Å². The molecule has 4 aromatic carbocycles. The van der Waals surface area contributed by atoms with Gasteiger partial charge >= 0.3 is 5.97 Å². The molecule has 0 aliphatic carbocycles. The Morgan fingerprint density at radius 3 is 1.62 bits per heavy atom. The summed E-state index contributed by atoms with van der Waals surface area (Å²) >= 11 is 0. The molecular formula is C26H20O6S2. The highest BCUT2D eigenvalue weighted by Gasteiger charge is 2.29. The Bertz CT molecular complexity index is 1590. The van der Waals surface area contributed by atoms with Crippen LogP contribution in [-0.2, 0) is 19.7 Å². The van der Waals surface area contributed by atoms with Crippen LogP contribution < -0.4 is 0 Å². The summed E-state index contributed by atoms with van der Waals surface area (Å²) in [5.41, 5.74) is 0.499. The number of carboxylic acids is 1. The zero-order chi connectivity index (χ0) is 24.5. The van der Waals surface area contributed by atoms with Gasteiger partial charge in [-0.3, -0.25) is 0 Å². The van der Waals surface area contributed by atoms with Crippen LogP contribution in [0.4, 0.5) is 0 Å². The lowest BCUT2D eigenvalue weighted by Crippen LogP contribution is -2.11. The molecule has 0 radical (unpaired) electrons. The summed E-state index contributed by atoms with van der Waals surface area (Å²) in [6, 6.07) is 23.9. The first kappa shape index (κ1) is 23.4. The maximum Gasteiger partial charge on any atom is 0.336 e. The molecule has 0 aliphatic rings. The highest BCUT2D eigenvalue weighted by molar-refractivity contribution is 7.92. The van der Waals surface area contributed by atoms with E-state index in [9.17, 15) is 26.7 Å². The lowest BCUT2D eigenvalue weighted by molar-refractivity contribution is 0.0697. The molecule has 0 saturated carbocycles. The molecule has 4 rings (SSSR count). The summed E-state index contributed by atoms with van der Waals surface area (Å²) < 4.78 is 54.2. The summed E-state index contributed by atoms with van der Waals surface area (Å²) in [7, 11) is -8.24. The van der Waals surface area contributed by atoms with Crippen LogP contribution in [0.25, 0.3) is 11.1 Å². The third-order valence-corrected chi connectivity index (χ3v) is 9.13. The van der Waals surface area contributed by atoms with E-state index in [0.717, 1.165) is 6.07 Å². The van der Waals surface area contributed by atoms with Crippen molar-refractivity contribution in [3.63, 3.8) is 0 Å². The number of aryl methyl sites for hydroxylation is 1. The number of hydrogen-bond acceptors (Lipinski definition) is 5. The van der Waals surface area contributed by atoms with E-state index >= 15 is 0 Å². The van der Waals surface area contributed by atoms with Gasteiger partial charge in [-0.2, -0.15) is 0 Å². The molecule has 4 aromatic rings. The molecule has 0 heterocycles. The van der Waals surface area contributed by atoms with Crippen molar-refractivity contribution in [3.8, 4) is 11.1 Å². The second-order valence-corrected chi connectivity index (χ2v) is 11.4. The zero-order valence-corrected chi connectivity index (χ0v) is 19.7. The number of hydrogen-bond donors (Lipinski definition) is 1. The summed E-state index contributed by atoms with van der Waals surface area (Å²) in [6.45, 7) is 1.56. The van der Waals surface area contributed by atoms with Gasteiger partial charge in [0.1, 0.15) is 0 Å². The average Bonchev–Trinajstić information content (AvgIpc) is 2.84. The molecule has 0 fully saturated rings. The van der Waals surface area contributed by atoms with Crippen LogP contribution in [0.2, 0.25) is 0 Å². The molecule has 8 heteroatoms. The number of sulfone groups is 2. The fourth-order valence-electron chi connectivity index (χ4n) is 3.75. The smallest absolute Gasteiger partial charge is 0.336 e. The quantitative estimate of drug-likeness (QED) is 0.405. The van der Waals surface area contributed by atoms with Crippen molar-refractivity contribution in [2.24, 2.45) is 0 Å². The van der Waals surface area contributed by atoms with E-state index in [0.29, 0.717) is 5.56 Å². The molecule has 0 bridgehead atoms. The van der Waals surface area contributed by atoms with Crippen LogP contribution in [0.1, 0.15) is 15.9 Å². The fourth-order valence-corrected chi connectivity index (χ4v) is 6.85. The van der Waals surface area contributed by atoms with E-state index in [1.807, 2.05) is 0 Å². The van der Waals surface area contributed by atoms with Crippen molar-refractivity contribution in [1.29, 1.82) is 0 Å². The molecule has 1 N–H and O–H groups in total. The van der Waals surface area contributed by atoms with Gasteiger partial charge in [-0.05, 0) is 60.5 Å². The Kier molecular flexibility index (Phi) is 6.12. The van der Waals surface area contributed by atoms with Gasteiger partial charge in [0.25, 0.3) is 0 Å². The van der Waals surface area contributed by atoms with Crippen LogP contribution >= 0.6 is 0 Å². The Labute approximate surface area is 198 Å². The topological polar surface area (TPSA) is 106 Å². The fraction of sp³-hybridized carbons (Fsp3) is 0.0385. The van der Waals surface area contributed by atoms with Crippen molar-refractivity contribution in [3.05, 3.63) is 108 Å². The van der Waals surface area contributed by atoms with Gasteiger partial charge in [0, 0.05) is 5.56 Å². The minimum Gasteiger partial charge on any atom is -0.478 e. The largest absolute Gasteiger partial charge is 0.478 e. The van der Waals surface area contributed by atoms with E-state index < -0.39 is 25.6 Å². The minimum absolute atomic E-state index is 0.0276. The lowest BCUT2D eigenvalue weighted by Gasteiger charge is -2.17. The maximum absolute atomic E-state index is 13.7. The monoisotopic (exact) mass is 492 g/mol. The van der Waals surface area contributed by atoms with Crippen molar-refractivity contribution in [2.45, 2.75) is 26.5 Å². The molecule has 34 heavy (non-hydrogen) atoms. The number of carbonyl (C=O) groups is 1. The third kappa shape index (κ3) is 4.13. The van der Waals surface area contributed by atoms with Crippen LogP contribution in [0.15, 0.2) is 117 Å². The molecule has 0 aromatic heterocycles. The standard InChI is InChI=1S/C26H20O6S2/c1-18-16-23(21-14-8-9-15-22(21)26(27)28)25(34(31,32)20-12-6-3-7-13-20)17-24(18)33(29,30)19-10-4-2-5-11-19/h2-17H,1H3,(H,27,28). The van der Waals surface area contributed by atoms with Crippen molar-refractivity contribution >= 4 is 25.6 Å². The van der Waals surface area contributed by atoms with Crippen molar-refractivity contribution in [2.75, 3.05) is 0 Å². The predicted octanol–water partition coefficient (Wildman–Crippen LogP) is 5.03. The van der Waals surface area contributed by atoms with Crippen LogP contribution in [0.5, 0.6) is 0 Å². The maximum atomic E-state index is 13.7. The molecule has 0 saturated heterocycles. The van der Waals surface area contributed by atoms with Gasteiger partial charge in [-0.25, -0.2) is 21.6 Å². The summed E-state index contributed by atoms with van der Waals surface area (Å²) in [4.78, 5) is 11.4. The molecule has 0 aliphatic heterocycles. The molecule has 6 nitrogen and oxygen atoms in total. The van der Waals surface area contributed by atoms with Gasteiger partial charge in [0.15, 0.2) is 0 Å². The summed E-state index contributed by atoms with van der Waals surface area (Å²) in [5, 5.41) is 9.69. The van der Waals surface area contributed by atoms with Gasteiger partial charge < -0.3 is 5.11 Å². The minimum atomic E-state index is -4.20. The number of aromatic carboxylic acids is 1. The van der Waals surface area contributed by atoms with Crippen molar-refractivity contribution in [1.82, 2.24) is 0 Å². The Hall–Kier alpha value is -3.75. The van der Waals surface area contributed by atoms with Gasteiger partial charge in [0.05, 0.1) is 25.1 Å². The lowest BCUT2D eigenvalue weighted by atomic mass is 9.98. The normalized spacial score (nSPS) is 11.8. The Morgan fingerprint density at radius 2 is 1.09 bits per heavy atom. The van der Waals surface area contributed by atoms with Crippen LogP contribution in [-0.4, -0.2) is 27.9 Å². The van der Waals surface area contributed by atoms with Crippen LogP contribution in [0, 0.1) is 6.92 Å². The highest BCUT2D eigenvalue weighted by Crippen LogP contribution is 2.38. The number of rotatable bonds is 6. The molecule has 0 unspecified atom stereocenters. The first-order valence-electron chi connectivity index (χ1n) is 10.2. The first-order valence-corrected chi connectivity index (χ1v) is 13.2. The summed E-state index contributed by atoms with van der Waals surface area (Å²) in [5.74, 6) is -1.22. The van der Waals surface area contributed by atoms with Crippen molar-refractivity contribution < 1.29 is 26.7 Å². The third-order valence-electron chi connectivity index (χ3n) is 5.41. The molecule has 0 atom stereocenters. The molecule has 172 valence electrons. The second-order valence-electron chi connectivity index (χ2n) is 7.60. The van der Waals surface area contributed by atoms with E-state index in [-0.39, 0.29) is 36.3 Å². The van der Waals surface area contributed by atoms with Gasteiger partial charge in [0.2, 0.25) is 19.7 Å². The SMILES string of the molecule is Cc1cc(-c2ccccc2C(=O)O)c(S(=O)(=O)c2ccccc2)cc1S(=O)(=O)c1ccccc1. The van der Waals surface area contributed by atoms with Crippen LogP contribution in [0.3, 0.4) is 0 Å². The highest BCUT2D eigenvalue weighted by atomic mass is 32.2. The summed E-state index contributed by atoms with van der Waals surface area (Å²) in [6.07, 6.45) is 0. The Morgan fingerprint density at radius 1 is 0.618 bits per heavy atom. The van der Waals surface area contributed by atoms with E-state index in [1.54, 1.807) is 55.5 Å². The molecular weight excluding hydrogens is 472 g/mol. The molecule has 0 amide bonds. The van der Waals surface area contributed by atoms with Gasteiger partial charge in [-0.15, -0.1) is 0 Å². The second kappa shape index (κ2) is 8.89. The number of carboxylic acid groups (broad SMARTS) is 1. The number of benzene rings is 4. The van der Waals surface area contributed by atoms with Gasteiger partial charge in [-0.1, -0.05) is 54.6 Å². The van der Waals surface area contributed by atoms with E-state index in [1.165, 1.54) is 42.5 Å². The first-order chi connectivity index (χ1) is 16.1.